The predicted molar refractivity (Wildman–Crippen MR) is 148 cm³/mol. The number of amides is 2. The van der Waals surface area contributed by atoms with Gasteiger partial charge in [0.1, 0.15) is 0 Å². The third kappa shape index (κ3) is 7.65. The van der Waals surface area contributed by atoms with E-state index in [0.29, 0.717) is 21.5 Å². The Morgan fingerprint density at radius 2 is 0.973 bits per heavy atom. The van der Waals surface area contributed by atoms with Crippen molar-refractivity contribution in [2.75, 3.05) is 23.3 Å². The number of nitrogens with zero attached hydrogens (tertiary/aromatic N) is 2. The molecule has 2 rings (SSSR count). The van der Waals surface area contributed by atoms with Gasteiger partial charge in [0, 0.05) is 10.1 Å². The highest BCUT2D eigenvalue weighted by Gasteiger charge is 2.51. The van der Waals surface area contributed by atoms with Crippen LogP contribution in [0.1, 0.15) is 27.7 Å². The predicted octanol–water partition coefficient (Wildman–Crippen LogP) is 7.04. The zero-order chi connectivity index (χ0) is 28.1. The van der Waals surface area contributed by atoms with Crippen LogP contribution in [-0.2, 0) is 13.6 Å². The normalized spacial score (nSPS) is 12.6. The zero-order valence-electron chi connectivity index (χ0n) is 23.0. The van der Waals surface area contributed by atoms with Crippen molar-refractivity contribution in [1.29, 1.82) is 0 Å². The van der Waals surface area contributed by atoms with E-state index in [1.807, 2.05) is 27.7 Å². The summed E-state index contributed by atoms with van der Waals surface area (Å²) in [6, 6.07) is 16.8. The number of benzene rings is 2. The van der Waals surface area contributed by atoms with E-state index in [2.05, 4.69) is 26.2 Å². The number of para-hydroxylation sites is 2. The molecule has 2 N–H and O–H groups in total. The molecule has 0 atom stereocenters. The second-order valence-electron chi connectivity index (χ2n) is 11.3. The van der Waals surface area contributed by atoms with Crippen LogP contribution in [0.15, 0.2) is 60.7 Å². The fraction of sp³-hybridized carbons (Fsp3) is 0.462. The first-order chi connectivity index (χ1) is 17.0. The lowest BCUT2D eigenvalue weighted by atomic mass is 10.2. The molecule has 0 aliphatic rings. The van der Waals surface area contributed by atoms with Crippen molar-refractivity contribution >= 4 is 40.2 Å². The quantitative estimate of drug-likeness (QED) is 0.186. The van der Waals surface area contributed by atoms with E-state index < -0.39 is 38.9 Å². The van der Waals surface area contributed by atoms with E-state index in [4.69, 9.17) is 13.6 Å². The van der Waals surface area contributed by atoms with Gasteiger partial charge in [-0.3, -0.25) is 10.4 Å². The van der Waals surface area contributed by atoms with E-state index >= 15 is 0 Å². The summed E-state index contributed by atoms with van der Waals surface area (Å²) in [4.78, 5) is 24.9. The molecular formula is C26H40N2O7Si2. The molecule has 37 heavy (non-hydrogen) atoms. The number of hydroxylamine groups is 2. The van der Waals surface area contributed by atoms with Crippen LogP contribution in [-0.4, -0.2) is 52.4 Å². The summed E-state index contributed by atoms with van der Waals surface area (Å²) in [6.07, 6.45) is -1.72. The summed E-state index contributed by atoms with van der Waals surface area (Å²) in [5, 5.41) is 20.3. The number of anilines is 2. The molecular weight excluding hydrogens is 508 g/mol. The highest BCUT2D eigenvalue weighted by atomic mass is 28.4. The second-order valence-corrected chi connectivity index (χ2v) is 20.9. The molecule has 0 aliphatic heterocycles. The maximum atomic E-state index is 12.4. The summed E-state index contributed by atoms with van der Waals surface area (Å²) in [5.41, 5.74) is 0.633. The molecule has 0 aliphatic carbocycles. The Balaban J connectivity index is 2.01. The van der Waals surface area contributed by atoms with Crippen molar-refractivity contribution in [2.45, 2.75) is 64.0 Å². The molecule has 0 heterocycles. The molecule has 0 fully saturated rings. The van der Waals surface area contributed by atoms with Crippen LogP contribution in [0, 0.1) is 0 Å². The van der Waals surface area contributed by atoms with E-state index in [9.17, 15) is 20.0 Å². The standard InChI is InChI=1S/C26H40N2O7Si2/c1-25(2,19-33-23(29)27(31)21-15-11-9-12-16-21)36(5,6)35-37(7,8)26(3,4)20-34-24(30)28(32)22-17-13-10-14-18-22/h9-18,31-32H,19-20H2,1-8H3. The van der Waals surface area contributed by atoms with Gasteiger partial charge in [0.15, 0.2) is 16.6 Å². The second kappa shape index (κ2) is 11.8. The molecule has 0 aromatic heterocycles. The first-order valence-electron chi connectivity index (χ1n) is 12.1. The lowest BCUT2D eigenvalue weighted by Gasteiger charge is -2.48. The zero-order valence-corrected chi connectivity index (χ0v) is 25.0. The highest BCUT2D eigenvalue weighted by molar-refractivity contribution is 6.87. The molecule has 9 nitrogen and oxygen atoms in total. The molecule has 204 valence electrons. The topological polar surface area (TPSA) is 109 Å². The molecule has 0 bridgehead atoms. The number of hydrogen-bond acceptors (Lipinski definition) is 7. The Hall–Kier alpha value is -2.71. The number of carbonyl (C=O) groups excluding carboxylic acids is 2. The first kappa shape index (κ1) is 30.5. The molecule has 2 amide bonds. The van der Waals surface area contributed by atoms with Crippen molar-refractivity contribution < 1.29 is 33.6 Å². The first-order valence-corrected chi connectivity index (χ1v) is 17.9. The summed E-state index contributed by atoms with van der Waals surface area (Å²) in [7, 11) is -5.01. The van der Waals surface area contributed by atoms with Gasteiger partial charge in [0.25, 0.3) is 0 Å². The minimum atomic E-state index is -2.50. The average molecular weight is 549 g/mol. The molecule has 11 heteroatoms. The van der Waals surface area contributed by atoms with Crippen LogP contribution < -0.4 is 10.1 Å². The Morgan fingerprint density at radius 3 is 1.27 bits per heavy atom. The van der Waals surface area contributed by atoms with Crippen molar-refractivity contribution in [3.63, 3.8) is 0 Å². The number of carbonyl (C=O) groups is 2. The maximum absolute atomic E-state index is 12.4. The monoisotopic (exact) mass is 548 g/mol. The summed E-state index contributed by atoms with van der Waals surface area (Å²) in [5.74, 6) is 0. The van der Waals surface area contributed by atoms with E-state index in [1.54, 1.807) is 60.7 Å². The molecule has 0 saturated carbocycles. The molecule has 2 aromatic carbocycles. The van der Waals surface area contributed by atoms with Crippen molar-refractivity contribution in [3.05, 3.63) is 60.7 Å². The number of ether oxygens (including phenoxy) is 2. The van der Waals surface area contributed by atoms with Gasteiger partial charge in [0.05, 0.1) is 24.6 Å². The maximum Gasteiger partial charge on any atom is 0.438 e. The lowest BCUT2D eigenvalue weighted by Crippen LogP contribution is -2.57. The smallest absolute Gasteiger partial charge is 0.438 e. The van der Waals surface area contributed by atoms with Crippen molar-refractivity contribution in [2.24, 2.45) is 0 Å². The fourth-order valence-corrected chi connectivity index (χ4v) is 11.4. The summed E-state index contributed by atoms with van der Waals surface area (Å²) >= 11 is 0. The third-order valence-electron chi connectivity index (χ3n) is 7.23. The van der Waals surface area contributed by atoms with Gasteiger partial charge in [-0.2, -0.15) is 10.1 Å². The minimum Gasteiger partial charge on any atom is -0.455 e. The number of rotatable bonds is 10. The number of hydrogen-bond donors (Lipinski definition) is 2. The van der Waals surface area contributed by atoms with Crippen molar-refractivity contribution in [1.82, 2.24) is 0 Å². The highest BCUT2D eigenvalue weighted by Crippen LogP contribution is 2.45. The van der Waals surface area contributed by atoms with Crippen molar-refractivity contribution in [3.8, 4) is 0 Å². The van der Waals surface area contributed by atoms with E-state index in [-0.39, 0.29) is 13.2 Å². The van der Waals surface area contributed by atoms with Crippen LogP contribution in [0.5, 0.6) is 0 Å². The largest absolute Gasteiger partial charge is 0.455 e. The van der Waals surface area contributed by atoms with Gasteiger partial charge in [-0.1, -0.05) is 64.1 Å². The summed E-state index contributed by atoms with van der Waals surface area (Å²) < 4.78 is 17.8. The van der Waals surface area contributed by atoms with Crippen LogP contribution in [0.4, 0.5) is 21.0 Å². The Morgan fingerprint density at radius 1 is 0.676 bits per heavy atom. The summed E-state index contributed by atoms with van der Waals surface area (Å²) in [6.45, 7) is 16.3. The van der Waals surface area contributed by atoms with Crippen LogP contribution in [0.3, 0.4) is 0 Å². The molecule has 0 saturated heterocycles. The van der Waals surface area contributed by atoms with Gasteiger partial charge in [0.2, 0.25) is 0 Å². The lowest BCUT2D eigenvalue weighted by molar-refractivity contribution is 0.107. The molecule has 0 radical (unpaired) electrons. The van der Waals surface area contributed by atoms with Crippen LogP contribution >= 0.6 is 0 Å². The molecule has 0 unspecified atom stereocenters. The van der Waals surface area contributed by atoms with Gasteiger partial charge in [-0.25, -0.2) is 9.59 Å². The average Bonchev–Trinajstić information content (AvgIpc) is 2.85. The SMILES string of the molecule is CC(C)(COC(=O)N(O)c1ccccc1)[Si](C)(C)O[Si](C)(C)C(C)(C)COC(=O)N(O)c1ccccc1. The van der Waals surface area contributed by atoms with Gasteiger partial charge < -0.3 is 13.6 Å². The van der Waals surface area contributed by atoms with E-state index in [1.165, 1.54) is 0 Å². The Kier molecular flexibility index (Phi) is 9.72. The third-order valence-corrected chi connectivity index (χ3v) is 18.1. The fourth-order valence-electron chi connectivity index (χ4n) is 3.22. The van der Waals surface area contributed by atoms with E-state index in [0.717, 1.165) is 0 Å². The Labute approximate surface area is 221 Å². The van der Waals surface area contributed by atoms with Crippen LogP contribution in [0.25, 0.3) is 0 Å². The van der Waals surface area contributed by atoms with Gasteiger partial charge >= 0.3 is 12.2 Å². The van der Waals surface area contributed by atoms with Crippen LogP contribution in [0.2, 0.25) is 36.3 Å². The molecule has 2 aromatic rings. The van der Waals surface area contributed by atoms with Gasteiger partial charge in [-0.05, 0) is 50.5 Å². The minimum absolute atomic E-state index is 0.0609. The molecule has 0 spiro atoms. The van der Waals surface area contributed by atoms with Gasteiger partial charge in [-0.15, -0.1) is 0 Å². The Bertz CT molecular complexity index is 964.